The number of pyridine rings is 1. The predicted molar refractivity (Wildman–Crippen MR) is 88.8 cm³/mol. The molecule has 0 unspecified atom stereocenters. The van der Waals surface area contributed by atoms with Crippen LogP contribution in [0.5, 0.6) is 0 Å². The van der Waals surface area contributed by atoms with Gasteiger partial charge in [0.05, 0.1) is 6.54 Å². The minimum absolute atomic E-state index is 0.117. The Labute approximate surface area is 154 Å². The van der Waals surface area contributed by atoms with Gasteiger partial charge in [-0.1, -0.05) is 0 Å². The molecular formula is C15H12F3N5O3S. The highest BCUT2D eigenvalue weighted by Gasteiger charge is 2.38. The number of aromatic amines is 1. The van der Waals surface area contributed by atoms with Crippen molar-refractivity contribution >= 4 is 23.2 Å². The van der Waals surface area contributed by atoms with Crippen LogP contribution in [0.25, 0.3) is 11.4 Å². The number of nitrogens with one attached hydrogen (secondary N) is 2. The van der Waals surface area contributed by atoms with Gasteiger partial charge in [0, 0.05) is 28.9 Å². The average molecular weight is 399 g/mol. The molecule has 0 aliphatic rings. The van der Waals surface area contributed by atoms with Crippen molar-refractivity contribution in [1.82, 2.24) is 25.5 Å². The van der Waals surface area contributed by atoms with E-state index >= 15 is 0 Å². The van der Waals surface area contributed by atoms with Gasteiger partial charge in [-0.25, -0.2) is 9.78 Å². The van der Waals surface area contributed by atoms with E-state index in [1.165, 1.54) is 11.3 Å². The summed E-state index contributed by atoms with van der Waals surface area (Å²) in [5.74, 6) is -1.67. The van der Waals surface area contributed by atoms with Crippen LogP contribution in [-0.2, 0) is 11.3 Å². The first kappa shape index (κ1) is 20.0. The number of hydrogen-bond donors (Lipinski definition) is 3. The number of rotatable bonds is 4. The molecule has 0 radical (unpaired) electrons. The molecule has 12 heteroatoms. The topological polar surface area (TPSA) is 121 Å². The number of aliphatic carboxylic acids is 1. The molecule has 8 nitrogen and oxygen atoms in total. The summed E-state index contributed by atoms with van der Waals surface area (Å²) >= 11 is 1.49. The number of H-pyrrole nitrogens is 1. The third kappa shape index (κ3) is 6.18. The highest BCUT2D eigenvalue weighted by atomic mass is 32.1. The first-order valence-electron chi connectivity index (χ1n) is 7.19. The molecule has 0 saturated heterocycles. The van der Waals surface area contributed by atoms with E-state index in [4.69, 9.17) is 9.90 Å². The molecule has 142 valence electrons. The van der Waals surface area contributed by atoms with Crippen molar-refractivity contribution in [3.63, 3.8) is 0 Å². The third-order valence-corrected chi connectivity index (χ3v) is 3.60. The van der Waals surface area contributed by atoms with Crippen molar-refractivity contribution in [3.05, 3.63) is 52.7 Å². The lowest BCUT2D eigenvalue weighted by Crippen LogP contribution is -2.22. The van der Waals surface area contributed by atoms with Crippen molar-refractivity contribution in [1.29, 1.82) is 0 Å². The van der Waals surface area contributed by atoms with Gasteiger partial charge in [-0.2, -0.15) is 29.6 Å². The molecular weight excluding hydrogens is 387 g/mol. The van der Waals surface area contributed by atoms with Gasteiger partial charge in [0.25, 0.3) is 5.91 Å². The van der Waals surface area contributed by atoms with Crippen LogP contribution in [-0.4, -0.2) is 43.3 Å². The molecule has 0 fully saturated rings. The van der Waals surface area contributed by atoms with Crippen LogP contribution < -0.4 is 5.32 Å². The zero-order valence-corrected chi connectivity index (χ0v) is 14.2. The monoisotopic (exact) mass is 399 g/mol. The van der Waals surface area contributed by atoms with Crippen molar-refractivity contribution in [2.75, 3.05) is 0 Å². The maximum atomic E-state index is 11.8. The summed E-state index contributed by atoms with van der Waals surface area (Å²) < 4.78 is 31.7. The van der Waals surface area contributed by atoms with E-state index in [1.807, 2.05) is 17.5 Å². The van der Waals surface area contributed by atoms with Crippen molar-refractivity contribution < 1.29 is 27.9 Å². The van der Waals surface area contributed by atoms with Crippen molar-refractivity contribution in [2.24, 2.45) is 0 Å². The minimum Gasteiger partial charge on any atom is -0.475 e. The van der Waals surface area contributed by atoms with Crippen LogP contribution in [0.3, 0.4) is 0 Å². The van der Waals surface area contributed by atoms with E-state index in [9.17, 15) is 18.0 Å². The van der Waals surface area contributed by atoms with Crippen LogP contribution in [0.2, 0.25) is 0 Å². The van der Waals surface area contributed by atoms with Gasteiger partial charge >= 0.3 is 12.1 Å². The number of thiophene rings is 1. The van der Waals surface area contributed by atoms with E-state index in [0.29, 0.717) is 23.8 Å². The molecule has 27 heavy (non-hydrogen) atoms. The highest BCUT2D eigenvalue weighted by Crippen LogP contribution is 2.13. The zero-order valence-electron chi connectivity index (χ0n) is 13.4. The van der Waals surface area contributed by atoms with Crippen LogP contribution in [0.4, 0.5) is 13.2 Å². The largest absolute Gasteiger partial charge is 0.490 e. The number of amides is 1. The zero-order chi connectivity index (χ0) is 19.9. The molecule has 0 atom stereocenters. The van der Waals surface area contributed by atoms with Gasteiger partial charge in [0.1, 0.15) is 5.82 Å². The van der Waals surface area contributed by atoms with Crippen LogP contribution in [0.15, 0.2) is 41.4 Å². The second-order valence-corrected chi connectivity index (χ2v) is 5.62. The Kier molecular flexibility index (Phi) is 6.60. The summed E-state index contributed by atoms with van der Waals surface area (Å²) in [6.07, 6.45) is -1.71. The Bertz CT molecular complexity index is 882. The number of carboxylic acid groups (broad SMARTS) is 1. The molecule has 0 aliphatic carbocycles. The second kappa shape index (κ2) is 8.89. The summed E-state index contributed by atoms with van der Waals surface area (Å²) in [5, 5.41) is 20.5. The Morgan fingerprint density at radius 2 is 1.89 bits per heavy atom. The summed E-state index contributed by atoms with van der Waals surface area (Å²) in [5.41, 5.74) is 1.54. The molecule has 3 N–H and O–H groups in total. The van der Waals surface area contributed by atoms with E-state index in [2.05, 4.69) is 25.5 Å². The lowest BCUT2D eigenvalue weighted by atomic mass is 10.2. The molecule has 0 bridgehead atoms. The number of halogens is 3. The van der Waals surface area contributed by atoms with Crippen LogP contribution in [0, 0.1) is 0 Å². The molecule has 3 rings (SSSR count). The van der Waals surface area contributed by atoms with E-state index in [1.54, 1.807) is 23.8 Å². The SMILES string of the molecule is O=C(NCc1nc(-c2ccncc2)n[nH]1)c1ccsc1.O=C(O)C(F)(F)F. The average Bonchev–Trinajstić information content (AvgIpc) is 3.32. The molecule has 0 aromatic carbocycles. The standard InChI is InChI=1S/C13H11N5OS.C2HF3O2/c19-13(10-3-6-20-8-10)15-7-11-16-12(18-17-11)9-1-4-14-5-2-9;3-2(4,5)1(6)7/h1-6,8H,7H2,(H,15,19)(H,16,17,18);(H,6,7). The van der Waals surface area contributed by atoms with E-state index in [0.717, 1.165) is 5.56 Å². The minimum atomic E-state index is -5.08. The fourth-order valence-electron chi connectivity index (χ4n) is 1.66. The normalized spacial score (nSPS) is 10.6. The van der Waals surface area contributed by atoms with Crippen LogP contribution >= 0.6 is 11.3 Å². The maximum absolute atomic E-state index is 11.8. The molecule has 3 heterocycles. The van der Waals surface area contributed by atoms with Gasteiger partial charge in [0.15, 0.2) is 5.82 Å². The van der Waals surface area contributed by atoms with Gasteiger partial charge in [-0.05, 0) is 23.6 Å². The first-order chi connectivity index (χ1) is 12.8. The predicted octanol–water partition coefficient (Wildman–Crippen LogP) is 2.49. The number of carbonyl (C=O) groups is 2. The smallest absolute Gasteiger partial charge is 0.475 e. The Morgan fingerprint density at radius 3 is 2.44 bits per heavy atom. The Morgan fingerprint density at radius 1 is 1.22 bits per heavy atom. The van der Waals surface area contributed by atoms with Crippen LogP contribution in [0.1, 0.15) is 16.2 Å². The first-order valence-corrected chi connectivity index (χ1v) is 8.14. The van der Waals surface area contributed by atoms with Gasteiger partial charge < -0.3 is 10.4 Å². The number of hydrogen-bond acceptors (Lipinski definition) is 6. The molecule has 1 amide bonds. The summed E-state index contributed by atoms with van der Waals surface area (Å²) in [4.78, 5) is 28.9. The number of aromatic nitrogens is 4. The molecule has 3 aromatic heterocycles. The van der Waals surface area contributed by atoms with Crippen molar-refractivity contribution in [2.45, 2.75) is 12.7 Å². The lowest BCUT2D eigenvalue weighted by Gasteiger charge is -1.99. The summed E-state index contributed by atoms with van der Waals surface area (Å²) in [6.45, 7) is 0.312. The molecule has 0 spiro atoms. The van der Waals surface area contributed by atoms with Crippen molar-refractivity contribution in [3.8, 4) is 11.4 Å². The second-order valence-electron chi connectivity index (χ2n) is 4.84. The number of carboxylic acids is 1. The third-order valence-electron chi connectivity index (χ3n) is 2.91. The Hall–Kier alpha value is -3.28. The molecule has 0 saturated carbocycles. The van der Waals surface area contributed by atoms with Gasteiger partial charge in [-0.15, -0.1) is 0 Å². The van der Waals surface area contributed by atoms with Gasteiger partial charge in [-0.3, -0.25) is 14.9 Å². The van der Waals surface area contributed by atoms with Gasteiger partial charge in [0.2, 0.25) is 0 Å². The molecule has 3 aromatic rings. The number of nitrogens with zero attached hydrogens (tertiary/aromatic N) is 3. The fourth-order valence-corrected chi connectivity index (χ4v) is 2.30. The number of carbonyl (C=O) groups excluding carboxylic acids is 1. The fraction of sp³-hybridized carbons (Fsp3) is 0.133. The quantitative estimate of drug-likeness (QED) is 0.620. The van der Waals surface area contributed by atoms with E-state index < -0.39 is 12.1 Å². The lowest BCUT2D eigenvalue weighted by molar-refractivity contribution is -0.192. The number of alkyl halides is 3. The maximum Gasteiger partial charge on any atom is 0.490 e. The Balaban J connectivity index is 0.000000321. The summed E-state index contributed by atoms with van der Waals surface area (Å²) in [6, 6.07) is 5.44. The molecule has 0 aliphatic heterocycles. The highest BCUT2D eigenvalue weighted by molar-refractivity contribution is 7.08. The summed E-state index contributed by atoms with van der Waals surface area (Å²) in [7, 11) is 0. The van der Waals surface area contributed by atoms with E-state index in [-0.39, 0.29) is 5.91 Å².